The lowest BCUT2D eigenvalue weighted by atomic mass is 10.1. The monoisotopic (exact) mass is 837 g/mol. The maximum Gasteiger partial charge on any atom is 0.299 e. The number of benzene rings is 5. The van der Waals surface area contributed by atoms with E-state index in [2.05, 4.69) is 36.2 Å². The number of aryl methyl sites for hydroxylation is 1. The van der Waals surface area contributed by atoms with Crippen LogP contribution in [0, 0.1) is 24.4 Å². The third-order valence-corrected chi connectivity index (χ3v) is 9.17. The topological polar surface area (TPSA) is 156 Å². The average molecular weight is 838 g/mol. The summed E-state index contributed by atoms with van der Waals surface area (Å²) < 4.78 is 56.8. The predicted molar refractivity (Wildman–Crippen MR) is 230 cm³/mol. The van der Waals surface area contributed by atoms with Crippen LogP contribution in [0.5, 0.6) is 5.75 Å². The van der Waals surface area contributed by atoms with Crippen molar-refractivity contribution < 1.29 is 36.3 Å². The van der Waals surface area contributed by atoms with Gasteiger partial charge in [0.2, 0.25) is 11.8 Å². The van der Waals surface area contributed by atoms with Crippen LogP contribution in [-0.2, 0) is 22.4 Å². The highest BCUT2D eigenvalue weighted by molar-refractivity contribution is 5.94. The molecule has 0 spiro atoms. The molecule has 12 nitrogen and oxygen atoms in total. The number of oxazole rings is 2. The summed E-state index contributed by atoms with van der Waals surface area (Å²) in [5, 5.41) is 11.7. The number of anilines is 6. The third-order valence-electron chi connectivity index (χ3n) is 9.17. The van der Waals surface area contributed by atoms with Gasteiger partial charge < -0.3 is 34.8 Å². The van der Waals surface area contributed by atoms with E-state index in [0.717, 1.165) is 28.8 Å². The minimum atomic E-state index is -0.750. The highest BCUT2D eigenvalue weighted by Gasteiger charge is 2.14. The van der Waals surface area contributed by atoms with E-state index in [1.807, 2.05) is 55.5 Å². The molecule has 0 aliphatic heterocycles. The molecule has 4 N–H and O–H groups in total. The maximum atomic E-state index is 13.8. The lowest BCUT2D eigenvalue weighted by Crippen LogP contribution is -2.15. The van der Waals surface area contributed by atoms with E-state index in [-0.39, 0.29) is 36.1 Å². The van der Waals surface area contributed by atoms with Crippen molar-refractivity contribution in [1.29, 1.82) is 0 Å². The first kappa shape index (κ1) is 41.9. The second kappa shape index (κ2) is 19.7. The predicted octanol–water partition coefficient (Wildman–Crippen LogP) is 10.7. The second-order valence-electron chi connectivity index (χ2n) is 13.7. The standard InChI is InChI=1S/C24H19F2N3O2.C23H19FN4O3/c1-15-7-10-19(28-23(30)11-17-8-9-18(25)12-20(17)26)13-21(15)29-24-27-14-22(31-24)16-5-3-2-4-6-16;1-30-20-7-6-18(27-22(29)12-15-2-4-17(24)5-3-15)13-19(20)28-23-26-14-21(31-23)16-8-10-25-11-9-16/h2-10,12-14H,11H2,1H3,(H,27,29)(H,28,30);2-11,13-14H,12H2,1H3,(H,26,28)(H,27,29). The summed E-state index contributed by atoms with van der Waals surface area (Å²) in [5.74, 6) is -0.632. The number of carbonyl (C=O) groups excluding carboxylic acids is 2. The Bertz CT molecular complexity index is 2780. The Kier molecular flexibility index (Phi) is 13.3. The minimum Gasteiger partial charge on any atom is -0.495 e. The summed E-state index contributed by atoms with van der Waals surface area (Å²) >= 11 is 0. The van der Waals surface area contributed by atoms with E-state index in [0.29, 0.717) is 51.6 Å². The van der Waals surface area contributed by atoms with E-state index in [9.17, 15) is 22.8 Å². The Labute approximate surface area is 353 Å². The van der Waals surface area contributed by atoms with Crippen LogP contribution in [0.15, 0.2) is 155 Å². The zero-order valence-corrected chi connectivity index (χ0v) is 33.3. The summed E-state index contributed by atoms with van der Waals surface area (Å²) in [6, 6.07) is 33.3. The molecule has 0 fully saturated rings. The van der Waals surface area contributed by atoms with E-state index in [1.165, 1.54) is 18.2 Å². The number of nitrogens with one attached hydrogen (secondary N) is 4. The van der Waals surface area contributed by atoms with Crippen LogP contribution in [-0.4, -0.2) is 33.9 Å². The van der Waals surface area contributed by atoms with Gasteiger partial charge in [-0.25, -0.2) is 23.1 Å². The van der Waals surface area contributed by atoms with Crippen LogP contribution in [0.1, 0.15) is 16.7 Å². The molecule has 0 atom stereocenters. The minimum absolute atomic E-state index is 0.123. The van der Waals surface area contributed by atoms with Crippen LogP contribution >= 0.6 is 0 Å². The lowest BCUT2D eigenvalue weighted by Gasteiger charge is -2.12. The van der Waals surface area contributed by atoms with Gasteiger partial charge in [0.25, 0.3) is 12.0 Å². The Morgan fingerprint density at radius 3 is 1.85 bits per heavy atom. The molecule has 62 heavy (non-hydrogen) atoms. The Morgan fingerprint density at radius 1 is 0.629 bits per heavy atom. The van der Waals surface area contributed by atoms with Gasteiger partial charge in [-0.15, -0.1) is 0 Å². The fourth-order valence-corrected chi connectivity index (χ4v) is 6.03. The van der Waals surface area contributed by atoms with Crippen molar-refractivity contribution in [2.45, 2.75) is 19.8 Å². The molecule has 3 heterocycles. The number of hydrogen-bond donors (Lipinski definition) is 4. The van der Waals surface area contributed by atoms with Gasteiger partial charge in [0.05, 0.1) is 38.0 Å². The van der Waals surface area contributed by atoms with E-state index >= 15 is 0 Å². The van der Waals surface area contributed by atoms with Crippen molar-refractivity contribution >= 4 is 46.6 Å². The first-order valence-corrected chi connectivity index (χ1v) is 19.1. The fourth-order valence-electron chi connectivity index (χ4n) is 6.03. The van der Waals surface area contributed by atoms with Crippen molar-refractivity contribution in [3.63, 3.8) is 0 Å². The van der Waals surface area contributed by atoms with Crippen molar-refractivity contribution in [3.05, 3.63) is 180 Å². The Balaban J connectivity index is 0.000000186. The van der Waals surface area contributed by atoms with Gasteiger partial charge >= 0.3 is 0 Å². The molecule has 0 aliphatic carbocycles. The number of pyridine rings is 1. The van der Waals surface area contributed by atoms with Crippen LogP contribution in [0.4, 0.5) is 48.0 Å². The van der Waals surface area contributed by atoms with Crippen LogP contribution in [0.3, 0.4) is 0 Å². The van der Waals surface area contributed by atoms with E-state index in [1.54, 1.807) is 74.4 Å². The number of carbonyl (C=O) groups is 2. The van der Waals surface area contributed by atoms with E-state index in [4.69, 9.17) is 13.6 Å². The molecule has 0 unspecified atom stereocenters. The molecule has 0 bridgehead atoms. The molecular weight excluding hydrogens is 800 g/mol. The van der Waals surface area contributed by atoms with Crippen LogP contribution in [0.25, 0.3) is 22.6 Å². The summed E-state index contributed by atoms with van der Waals surface area (Å²) in [7, 11) is 1.55. The number of rotatable bonds is 13. The van der Waals surface area contributed by atoms with Gasteiger partial charge in [-0.2, -0.15) is 0 Å². The molecule has 0 radical (unpaired) electrons. The molecule has 8 aromatic rings. The number of methoxy groups -OCH3 is 1. The average Bonchev–Trinajstić information content (AvgIpc) is 3.95. The highest BCUT2D eigenvalue weighted by Crippen LogP contribution is 2.32. The molecule has 0 saturated heterocycles. The largest absolute Gasteiger partial charge is 0.495 e. The molecule has 8 rings (SSSR count). The number of ether oxygens (including phenoxy) is 1. The molecule has 0 saturated carbocycles. The van der Waals surface area contributed by atoms with Gasteiger partial charge in [0.15, 0.2) is 11.5 Å². The van der Waals surface area contributed by atoms with Crippen molar-refractivity contribution in [2.24, 2.45) is 0 Å². The summed E-state index contributed by atoms with van der Waals surface area (Å²) in [5.41, 5.74) is 5.89. The SMILES string of the molecule is COc1ccc(NC(=O)Cc2ccc(F)cc2)cc1Nc1ncc(-c2ccncc2)o1.Cc1ccc(NC(=O)Cc2ccc(F)cc2F)cc1Nc1ncc(-c2ccccc2)o1. The zero-order valence-electron chi connectivity index (χ0n) is 33.3. The zero-order chi connectivity index (χ0) is 43.4. The summed E-state index contributed by atoms with van der Waals surface area (Å²) in [4.78, 5) is 37.2. The van der Waals surface area contributed by atoms with Crippen LogP contribution < -0.4 is 26.0 Å². The molecule has 0 aliphatic rings. The van der Waals surface area contributed by atoms with Crippen molar-refractivity contribution in [1.82, 2.24) is 15.0 Å². The Morgan fingerprint density at radius 2 is 1.21 bits per heavy atom. The Hall–Kier alpha value is -8.20. The number of halogens is 3. The van der Waals surface area contributed by atoms with Gasteiger partial charge in [0, 0.05) is 46.6 Å². The third kappa shape index (κ3) is 11.3. The van der Waals surface area contributed by atoms with E-state index < -0.39 is 17.5 Å². The number of aromatic nitrogens is 3. The molecule has 312 valence electrons. The normalized spacial score (nSPS) is 10.6. The van der Waals surface area contributed by atoms with Crippen LogP contribution in [0.2, 0.25) is 0 Å². The van der Waals surface area contributed by atoms with Gasteiger partial charge in [-0.1, -0.05) is 54.6 Å². The second-order valence-corrected chi connectivity index (χ2v) is 13.7. The fraction of sp³-hybridized carbons (Fsp3) is 0.0851. The summed E-state index contributed by atoms with van der Waals surface area (Å²) in [6.45, 7) is 1.91. The molecule has 15 heteroatoms. The maximum absolute atomic E-state index is 13.8. The molecule has 3 aromatic heterocycles. The molecule has 5 aromatic carbocycles. The molecule has 2 amide bonds. The first-order valence-electron chi connectivity index (χ1n) is 19.1. The van der Waals surface area contributed by atoms with Gasteiger partial charge in [-0.05, 0) is 84.3 Å². The quantitative estimate of drug-likeness (QED) is 0.0881. The highest BCUT2D eigenvalue weighted by atomic mass is 19.1. The smallest absolute Gasteiger partial charge is 0.299 e. The lowest BCUT2D eigenvalue weighted by molar-refractivity contribution is -0.116. The number of nitrogens with zero attached hydrogens (tertiary/aromatic N) is 3. The van der Waals surface area contributed by atoms with Gasteiger partial charge in [-0.3, -0.25) is 14.6 Å². The van der Waals surface area contributed by atoms with Gasteiger partial charge in [0.1, 0.15) is 23.2 Å². The summed E-state index contributed by atoms with van der Waals surface area (Å²) in [6.07, 6.45) is 6.51. The molecular formula is C47H38F3N7O5. The number of hydrogen-bond acceptors (Lipinski definition) is 10. The van der Waals surface area contributed by atoms with Crippen molar-refractivity contribution in [3.8, 4) is 28.4 Å². The first-order chi connectivity index (χ1) is 30.1. The van der Waals surface area contributed by atoms with Crippen molar-refractivity contribution in [2.75, 3.05) is 28.4 Å². The number of amides is 2.